The molecule has 2 aliphatic rings. The molecule has 2 aliphatic heterocycles. The Labute approximate surface area is 151 Å². The van der Waals surface area contributed by atoms with Crippen molar-refractivity contribution in [3.63, 3.8) is 0 Å². The smallest absolute Gasteiger partial charge is 0.228 e. The third kappa shape index (κ3) is 3.68. The van der Waals surface area contributed by atoms with E-state index in [0.29, 0.717) is 22.9 Å². The normalized spacial score (nSPS) is 14.4. The molecule has 0 saturated carbocycles. The van der Waals surface area contributed by atoms with Crippen LogP contribution in [-0.4, -0.2) is 11.8 Å². The first-order chi connectivity index (χ1) is 10.9. The fraction of sp³-hybridized carbons (Fsp3) is 0.125. The van der Waals surface area contributed by atoms with Gasteiger partial charge >= 0.3 is 0 Å². The van der Waals surface area contributed by atoms with Crippen molar-refractivity contribution in [1.82, 2.24) is 0 Å². The van der Waals surface area contributed by atoms with E-state index < -0.39 is 0 Å². The highest BCUT2D eigenvalue weighted by Crippen LogP contribution is 2.34. The van der Waals surface area contributed by atoms with Crippen molar-refractivity contribution in [1.29, 1.82) is 0 Å². The number of nitrogens with one attached hydrogen (secondary N) is 2. The number of rotatable bonds is 0. The second-order valence-corrected chi connectivity index (χ2v) is 6.90. The van der Waals surface area contributed by atoms with Crippen LogP contribution < -0.4 is 10.6 Å². The zero-order valence-corrected chi connectivity index (χ0v) is 14.8. The summed E-state index contributed by atoms with van der Waals surface area (Å²) in [6.07, 6.45) is 0.879. The van der Waals surface area contributed by atoms with Crippen LogP contribution in [0, 0.1) is 0 Å². The number of fused-ring (bicyclic) bond motifs is 2. The molecule has 0 saturated heterocycles. The largest absolute Gasteiger partial charge is 0.326 e. The molecule has 4 nitrogen and oxygen atoms in total. The number of halogens is 3. The van der Waals surface area contributed by atoms with Gasteiger partial charge in [0.05, 0.1) is 18.5 Å². The summed E-state index contributed by atoms with van der Waals surface area (Å²) in [6, 6.07) is 8.98. The number of benzene rings is 2. The van der Waals surface area contributed by atoms with Crippen LogP contribution in [0.25, 0.3) is 0 Å². The van der Waals surface area contributed by atoms with Gasteiger partial charge in [0, 0.05) is 20.2 Å². The van der Waals surface area contributed by atoms with Crippen molar-refractivity contribution in [3.05, 3.63) is 56.0 Å². The predicted molar refractivity (Wildman–Crippen MR) is 95.3 cm³/mol. The minimum atomic E-state index is 0.0213. The summed E-state index contributed by atoms with van der Waals surface area (Å²) in [7, 11) is 0. The molecule has 0 spiro atoms. The molecule has 2 heterocycles. The predicted octanol–water partition coefficient (Wildman–Crippen LogP) is 4.43. The molecule has 2 aromatic carbocycles. The summed E-state index contributed by atoms with van der Waals surface area (Å²) in [5, 5.41) is 6.81. The highest BCUT2D eigenvalue weighted by atomic mass is 79.9. The van der Waals surface area contributed by atoms with Crippen molar-refractivity contribution >= 4 is 62.3 Å². The maximum Gasteiger partial charge on any atom is 0.228 e. The Morgan fingerprint density at radius 1 is 0.870 bits per heavy atom. The summed E-state index contributed by atoms with van der Waals surface area (Å²) in [5.74, 6) is 0.0650. The summed E-state index contributed by atoms with van der Waals surface area (Å²) in [6.45, 7) is 0. The molecular formula is C16H11BrCl2N2O2. The van der Waals surface area contributed by atoms with Crippen molar-refractivity contribution in [3.8, 4) is 0 Å². The molecule has 7 heteroatoms. The Kier molecular flexibility index (Phi) is 4.62. The number of anilines is 2. The zero-order valence-electron chi connectivity index (χ0n) is 11.8. The van der Waals surface area contributed by atoms with Crippen LogP contribution in [0.4, 0.5) is 11.4 Å². The molecule has 0 atom stereocenters. The molecule has 0 aromatic heterocycles. The van der Waals surface area contributed by atoms with Gasteiger partial charge in [0.15, 0.2) is 0 Å². The quantitative estimate of drug-likeness (QED) is 0.671. The summed E-state index contributed by atoms with van der Waals surface area (Å²) >= 11 is 14.9. The van der Waals surface area contributed by atoms with Gasteiger partial charge in [0.2, 0.25) is 11.8 Å². The van der Waals surface area contributed by atoms with E-state index in [0.717, 1.165) is 27.0 Å². The fourth-order valence-electron chi connectivity index (χ4n) is 2.46. The van der Waals surface area contributed by atoms with E-state index in [4.69, 9.17) is 23.2 Å². The van der Waals surface area contributed by atoms with E-state index in [1.54, 1.807) is 18.2 Å². The first-order valence-electron chi connectivity index (χ1n) is 6.78. The Balaban J connectivity index is 0.000000136. The third-order valence-corrected chi connectivity index (χ3v) is 4.52. The first-order valence-corrected chi connectivity index (χ1v) is 8.33. The molecule has 2 N–H and O–H groups in total. The minimum absolute atomic E-state index is 0.0213. The van der Waals surface area contributed by atoms with Crippen molar-refractivity contribution in [2.24, 2.45) is 0 Å². The Morgan fingerprint density at radius 3 is 2.30 bits per heavy atom. The summed E-state index contributed by atoms with van der Waals surface area (Å²) in [5.41, 5.74) is 3.69. The van der Waals surface area contributed by atoms with Gasteiger partial charge in [-0.15, -0.1) is 0 Å². The maximum absolute atomic E-state index is 11.0. The van der Waals surface area contributed by atoms with Crippen LogP contribution in [0.3, 0.4) is 0 Å². The van der Waals surface area contributed by atoms with Crippen LogP contribution >= 0.6 is 39.1 Å². The van der Waals surface area contributed by atoms with Crippen LogP contribution in [0.5, 0.6) is 0 Å². The molecule has 118 valence electrons. The topological polar surface area (TPSA) is 58.2 Å². The summed E-state index contributed by atoms with van der Waals surface area (Å²) < 4.78 is 0.843. The van der Waals surface area contributed by atoms with Crippen LogP contribution in [0.1, 0.15) is 11.1 Å². The molecule has 0 bridgehead atoms. The zero-order chi connectivity index (χ0) is 16.6. The molecule has 0 unspecified atom stereocenters. The Hall–Kier alpha value is -1.56. The summed E-state index contributed by atoms with van der Waals surface area (Å²) in [4.78, 5) is 21.8. The third-order valence-electron chi connectivity index (χ3n) is 3.44. The second-order valence-electron chi connectivity index (χ2n) is 5.17. The number of amides is 2. The lowest BCUT2D eigenvalue weighted by Crippen LogP contribution is -2.03. The van der Waals surface area contributed by atoms with E-state index >= 15 is 0 Å². The Bertz CT molecular complexity index is 824. The SMILES string of the molecule is O=C1Cc2cc(Cl)cc(Br)c2N1.O=C1Cc2cc(Cl)ccc2N1. The average molecular weight is 414 g/mol. The van der Waals surface area contributed by atoms with Gasteiger partial charge in [-0.2, -0.15) is 0 Å². The molecule has 0 fully saturated rings. The molecule has 2 aromatic rings. The lowest BCUT2D eigenvalue weighted by molar-refractivity contribution is -0.115. The fourth-order valence-corrected chi connectivity index (χ4v) is 3.63. The molecule has 4 rings (SSSR count). The molecule has 23 heavy (non-hydrogen) atoms. The number of carbonyl (C=O) groups is 2. The maximum atomic E-state index is 11.0. The van der Waals surface area contributed by atoms with Crippen molar-refractivity contribution < 1.29 is 9.59 Å². The molecule has 2 amide bonds. The van der Waals surface area contributed by atoms with Crippen LogP contribution in [-0.2, 0) is 22.4 Å². The van der Waals surface area contributed by atoms with E-state index in [9.17, 15) is 9.59 Å². The number of hydrogen-bond donors (Lipinski definition) is 2. The van der Waals surface area contributed by atoms with Crippen LogP contribution in [0.2, 0.25) is 10.0 Å². The van der Waals surface area contributed by atoms with E-state index in [2.05, 4.69) is 26.6 Å². The molecule has 0 aliphatic carbocycles. The standard InChI is InChI=1S/C8H5BrClNO.C8H6ClNO/c9-6-3-5(10)1-4-2-7(12)11-8(4)6;9-6-1-2-7-5(3-6)4-8(11)10-7/h1,3H,2H2,(H,11,12);1-3H,4H2,(H,10,11). The number of carbonyl (C=O) groups excluding carboxylic acids is 2. The average Bonchev–Trinajstić information content (AvgIpc) is 3.00. The first kappa shape index (κ1) is 16.3. The van der Waals surface area contributed by atoms with Gasteiger partial charge in [0.1, 0.15) is 0 Å². The monoisotopic (exact) mass is 412 g/mol. The van der Waals surface area contributed by atoms with Gasteiger partial charge in [-0.3, -0.25) is 9.59 Å². The molecular weight excluding hydrogens is 403 g/mol. The van der Waals surface area contributed by atoms with Gasteiger partial charge < -0.3 is 10.6 Å². The van der Waals surface area contributed by atoms with Crippen LogP contribution in [0.15, 0.2) is 34.8 Å². The second kappa shape index (κ2) is 6.51. The highest BCUT2D eigenvalue weighted by molar-refractivity contribution is 9.10. The van der Waals surface area contributed by atoms with E-state index in [1.165, 1.54) is 0 Å². The van der Waals surface area contributed by atoms with Gasteiger partial charge in [-0.25, -0.2) is 0 Å². The lowest BCUT2D eigenvalue weighted by atomic mass is 10.2. The Morgan fingerprint density at radius 2 is 1.52 bits per heavy atom. The van der Waals surface area contributed by atoms with E-state index in [1.807, 2.05) is 12.1 Å². The number of hydrogen-bond acceptors (Lipinski definition) is 2. The van der Waals surface area contributed by atoms with Gasteiger partial charge in [-0.05, 0) is 57.4 Å². The molecule has 0 radical (unpaired) electrons. The highest BCUT2D eigenvalue weighted by Gasteiger charge is 2.20. The van der Waals surface area contributed by atoms with Crippen molar-refractivity contribution in [2.75, 3.05) is 10.6 Å². The van der Waals surface area contributed by atoms with Gasteiger partial charge in [-0.1, -0.05) is 23.2 Å². The van der Waals surface area contributed by atoms with Gasteiger partial charge in [0.25, 0.3) is 0 Å². The lowest BCUT2D eigenvalue weighted by Gasteiger charge is -2.01. The van der Waals surface area contributed by atoms with Crippen molar-refractivity contribution in [2.45, 2.75) is 12.8 Å². The van der Waals surface area contributed by atoms with E-state index in [-0.39, 0.29) is 11.8 Å². The minimum Gasteiger partial charge on any atom is -0.326 e.